The molecule has 1 saturated carbocycles. The maximum atomic E-state index is 11.1. The molecule has 15 heavy (non-hydrogen) atoms. The molecule has 1 rings (SSSR count). The average Bonchev–Trinajstić information content (AvgIpc) is 2.24. The van der Waals surface area contributed by atoms with Gasteiger partial charge in [-0.3, -0.25) is 9.59 Å². The first-order valence-corrected chi connectivity index (χ1v) is 4.69. The fourth-order valence-corrected chi connectivity index (χ4v) is 2.32. The van der Waals surface area contributed by atoms with Gasteiger partial charge in [0.1, 0.15) is 0 Å². The van der Waals surface area contributed by atoms with E-state index in [-0.39, 0.29) is 29.6 Å². The second kappa shape index (κ2) is 4.44. The molecule has 0 aromatic rings. The van der Waals surface area contributed by atoms with Crippen molar-refractivity contribution in [3.8, 4) is 0 Å². The van der Waals surface area contributed by atoms with Crippen molar-refractivity contribution in [3.63, 3.8) is 0 Å². The Labute approximate surface area is 111 Å². The van der Waals surface area contributed by atoms with Crippen molar-refractivity contribution in [2.45, 2.75) is 33.6 Å². The molecule has 0 aromatic carbocycles. The third kappa shape index (κ3) is 2.08. The predicted octanol–water partition coefficient (Wildman–Crippen LogP) is 0.950. The summed E-state index contributed by atoms with van der Waals surface area (Å²) < 4.78 is 0. The van der Waals surface area contributed by atoms with Crippen LogP contribution in [0.2, 0.25) is 0 Å². The van der Waals surface area contributed by atoms with Crippen molar-refractivity contribution in [1.82, 2.24) is 0 Å². The Balaban J connectivity index is 0.00000196. The molecular formula is C10H17NaO4. The zero-order valence-electron chi connectivity index (χ0n) is 8.70. The molecule has 0 amide bonds. The fourth-order valence-electron chi connectivity index (χ4n) is 2.32. The van der Waals surface area contributed by atoms with Crippen LogP contribution >= 0.6 is 0 Å². The Morgan fingerprint density at radius 3 is 1.87 bits per heavy atom. The molecule has 2 atom stereocenters. The summed E-state index contributed by atoms with van der Waals surface area (Å²) in [6.45, 7) is 5.10. The van der Waals surface area contributed by atoms with Gasteiger partial charge in [0.2, 0.25) is 0 Å². The van der Waals surface area contributed by atoms with Gasteiger partial charge in [-0.1, -0.05) is 13.8 Å². The summed E-state index contributed by atoms with van der Waals surface area (Å²) in [7, 11) is 0. The topological polar surface area (TPSA) is 74.6 Å². The second-order valence-corrected chi connectivity index (χ2v) is 4.79. The molecule has 5 heteroatoms. The van der Waals surface area contributed by atoms with Crippen molar-refractivity contribution >= 4 is 41.5 Å². The van der Waals surface area contributed by atoms with Crippen LogP contribution in [0.1, 0.15) is 33.6 Å². The van der Waals surface area contributed by atoms with E-state index in [0.29, 0.717) is 12.8 Å². The van der Waals surface area contributed by atoms with Crippen molar-refractivity contribution in [2.24, 2.45) is 16.7 Å². The first kappa shape index (κ1) is 14.9. The third-order valence-corrected chi connectivity index (χ3v) is 4.00. The van der Waals surface area contributed by atoms with Crippen LogP contribution in [-0.4, -0.2) is 51.7 Å². The van der Waals surface area contributed by atoms with Crippen molar-refractivity contribution < 1.29 is 19.8 Å². The van der Waals surface area contributed by atoms with E-state index in [1.54, 1.807) is 20.8 Å². The fraction of sp³-hybridized carbons (Fsp3) is 0.800. The van der Waals surface area contributed by atoms with E-state index in [2.05, 4.69) is 0 Å². The van der Waals surface area contributed by atoms with Gasteiger partial charge in [0, 0.05) is 0 Å². The molecule has 2 unspecified atom stereocenters. The zero-order valence-corrected chi connectivity index (χ0v) is 8.70. The molecule has 82 valence electrons. The number of carboxylic acid groups (broad SMARTS) is 2. The molecule has 0 bridgehead atoms. The molecule has 2 N–H and O–H groups in total. The van der Waals surface area contributed by atoms with Gasteiger partial charge < -0.3 is 10.2 Å². The molecule has 0 radical (unpaired) electrons. The number of hydrogen-bond acceptors (Lipinski definition) is 2. The van der Waals surface area contributed by atoms with Crippen LogP contribution in [0, 0.1) is 16.7 Å². The van der Waals surface area contributed by atoms with Crippen LogP contribution in [0.15, 0.2) is 0 Å². The van der Waals surface area contributed by atoms with Gasteiger partial charge in [-0.15, -0.1) is 0 Å². The van der Waals surface area contributed by atoms with Crippen LogP contribution in [0.3, 0.4) is 0 Å². The van der Waals surface area contributed by atoms with E-state index in [4.69, 9.17) is 10.2 Å². The first-order chi connectivity index (χ1) is 6.23. The minimum absolute atomic E-state index is 0. The van der Waals surface area contributed by atoms with Gasteiger partial charge in [-0.2, -0.15) is 0 Å². The van der Waals surface area contributed by atoms with E-state index in [9.17, 15) is 9.59 Å². The van der Waals surface area contributed by atoms with Crippen molar-refractivity contribution in [1.29, 1.82) is 0 Å². The molecule has 4 nitrogen and oxygen atoms in total. The molecular weight excluding hydrogens is 207 g/mol. The summed E-state index contributed by atoms with van der Waals surface area (Å²) in [5, 5.41) is 18.1. The number of hydrogen-bond donors (Lipinski definition) is 2. The number of carboxylic acids is 2. The van der Waals surface area contributed by atoms with Crippen molar-refractivity contribution in [3.05, 3.63) is 0 Å². The molecule has 1 fully saturated rings. The van der Waals surface area contributed by atoms with Gasteiger partial charge >= 0.3 is 41.5 Å². The van der Waals surface area contributed by atoms with E-state index >= 15 is 0 Å². The minimum atomic E-state index is -0.921. The third-order valence-electron chi connectivity index (χ3n) is 4.00. The number of carbonyl (C=O) groups is 2. The van der Waals surface area contributed by atoms with Crippen LogP contribution in [-0.2, 0) is 9.59 Å². The summed E-state index contributed by atoms with van der Waals surface area (Å²) in [6.07, 6.45) is 0.886. The molecule has 1 aliphatic rings. The summed E-state index contributed by atoms with van der Waals surface area (Å²) in [5.41, 5.74) is -1.61. The Bertz CT molecular complexity index is 287. The zero-order chi connectivity index (χ0) is 11.1. The molecule has 1 aliphatic carbocycles. The van der Waals surface area contributed by atoms with E-state index in [0.717, 1.165) is 0 Å². The van der Waals surface area contributed by atoms with Gasteiger partial charge in [0.25, 0.3) is 0 Å². The van der Waals surface area contributed by atoms with Crippen LogP contribution in [0.25, 0.3) is 0 Å². The summed E-state index contributed by atoms with van der Waals surface area (Å²) in [4.78, 5) is 22.0. The second-order valence-electron chi connectivity index (χ2n) is 4.79. The molecule has 0 saturated heterocycles. The van der Waals surface area contributed by atoms with Gasteiger partial charge in [-0.25, -0.2) is 0 Å². The van der Waals surface area contributed by atoms with Crippen LogP contribution in [0.5, 0.6) is 0 Å². The van der Waals surface area contributed by atoms with Gasteiger partial charge in [0.15, 0.2) is 0 Å². The Kier molecular flexibility index (Phi) is 4.42. The Morgan fingerprint density at radius 2 is 1.67 bits per heavy atom. The maximum absolute atomic E-state index is 11.1. The van der Waals surface area contributed by atoms with Crippen LogP contribution in [0.4, 0.5) is 0 Å². The first-order valence-electron chi connectivity index (χ1n) is 4.69. The summed E-state index contributed by atoms with van der Waals surface area (Å²) in [5.74, 6) is -2.34. The monoisotopic (exact) mass is 224 g/mol. The molecule has 0 heterocycles. The average molecular weight is 224 g/mol. The Morgan fingerprint density at radius 1 is 1.20 bits per heavy atom. The van der Waals surface area contributed by atoms with Gasteiger partial charge in [0.05, 0.1) is 11.3 Å². The molecule has 0 aliphatic heterocycles. The standard InChI is InChI=1S/C10H16O4.Na.H/c1-9(2)6(7(11)12)4-5-10(9,3)8(13)14;;/h6H,4-5H2,1-3H3,(H,11,12)(H,13,14);;. The van der Waals surface area contributed by atoms with E-state index in [1.807, 2.05) is 0 Å². The van der Waals surface area contributed by atoms with E-state index in [1.165, 1.54) is 0 Å². The Hall–Kier alpha value is -0.0600. The van der Waals surface area contributed by atoms with Crippen LogP contribution < -0.4 is 0 Å². The molecule has 0 aromatic heterocycles. The SMILES string of the molecule is CC1(C(=O)O)CCC(C(=O)O)C1(C)C.[NaH]. The number of aliphatic carboxylic acids is 2. The van der Waals surface area contributed by atoms with Crippen molar-refractivity contribution in [2.75, 3.05) is 0 Å². The summed E-state index contributed by atoms with van der Waals surface area (Å²) in [6, 6.07) is 0. The molecule has 0 spiro atoms. The predicted molar refractivity (Wildman–Crippen MR) is 57.0 cm³/mol. The quantitative estimate of drug-likeness (QED) is 0.685. The van der Waals surface area contributed by atoms with Gasteiger partial charge in [-0.05, 0) is 25.2 Å². The summed E-state index contributed by atoms with van der Waals surface area (Å²) >= 11 is 0. The normalized spacial score (nSPS) is 33.1. The number of rotatable bonds is 2. The van der Waals surface area contributed by atoms with E-state index < -0.39 is 28.7 Å².